The minimum atomic E-state index is -0.467. The Kier molecular flexibility index (Phi) is 5.88. The molecule has 2 amide bonds. The van der Waals surface area contributed by atoms with Gasteiger partial charge in [0.2, 0.25) is 5.91 Å². The molecule has 0 aliphatic rings. The monoisotopic (exact) mass is 492 g/mol. The zero-order chi connectivity index (χ0) is 26.3. The number of aromatic nitrogens is 4. The number of nitrogens with one attached hydrogen (secondary N) is 1. The molecule has 0 spiro atoms. The number of hydrogen-bond donors (Lipinski definition) is 1. The number of rotatable bonds is 5. The summed E-state index contributed by atoms with van der Waals surface area (Å²) in [6.07, 6.45) is 6.55. The fourth-order valence-electron chi connectivity index (χ4n) is 4.30. The summed E-state index contributed by atoms with van der Waals surface area (Å²) in [6.45, 7) is 3.50. The maximum atomic E-state index is 13.3. The molecule has 1 N–H and O–H groups in total. The summed E-state index contributed by atoms with van der Waals surface area (Å²) in [5.41, 5.74) is 4.05. The van der Waals surface area contributed by atoms with Crippen LogP contribution in [0.5, 0.6) is 0 Å². The van der Waals surface area contributed by atoms with Crippen molar-refractivity contribution in [2.45, 2.75) is 0 Å². The molecule has 0 saturated carbocycles. The highest BCUT2D eigenvalue weighted by Gasteiger charge is 2.18. The van der Waals surface area contributed by atoms with Crippen molar-refractivity contribution >= 4 is 39.3 Å². The summed E-state index contributed by atoms with van der Waals surface area (Å²) in [7, 11) is 5.11. The van der Waals surface area contributed by atoms with Crippen molar-refractivity contribution in [3.63, 3.8) is 0 Å². The van der Waals surface area contributed by atoms with Gasteiger partial charge in [-0.1, -0.05) is 12.6 Å². The fraction of sp³-hybridized carbons (Fsp3) is 0.107. The van der Waals surface area contributed by atoms with Gasteiger partial charge in [0, 0.05) is 55.9 Å². The van der Waals surface area contributed by atoms with Gasteiger partial charge >= 0.3 is 0 Å². The first-order valence-electron chi connectivity index (χ1n) is 11.5. The Hall–Kier alpha value is -5.05. The van der Waals surface area contributed by atoms with E-state index in [4.69, 9.17) is 0 Å². The van der Waals surface area contributed by atoms with Crippen LogP contribution >= 0.6 is 0 Å². The Bertz CT molecular complexity index is 1780. The van der Waals surface area contributed by atoms with Crippen LogP contribution in [0.25, 0.3) is 38.6 Å². The molecule has 3 heterocycles. The number of amides is 2. The molecule has 37 heavy (non-hydrogen) atoms. The molecule has 0 aliphatic heterocycles. The van der Waals surface area contributed by atoms with Crippen LogP contribution in [-0.4, -0.2) is 50.1 Å². The van der Waals surface area contributed by atoms with Gasteiger partial charge in [0.05, 0.1) is 34.2 Å². The average Bonchev–Trinajstić information content (AvgIpc) is 3.33. The summed E-state index contributed by atoms with van der Waals surface area (Å²) in [5.74, 6) is -0.752. The number of fused-ring (bicyclic) bond motifs is 3. The van der Waals surface area contributed by atoms with Crippen LogP contribution in [0.4, 0.5) is 5.69 Å². The highest BCUT2D eigenvalue weighted by molar-refractivity contribution is 6.08. The Morgan fingerprint density at radius 2 is 1.84 bits per heavy atom. The molecule has 184 valence electrons. The minimum Gasteiger partial charge on any atom is -0.345 e. The molecular formula is C28H24N6O3. The van der Waals surface area contributed by atoms with Crippen LogP contribution in [0.1, 0.15) is 10.4 Å². The molecule has 0 unspecified atom stereocenters. The molecule has 9 nitrogen and oxygen atoms in total. The van der Waals surface area contributed by atoms with Gasteiger partial charge in [-0.25, -0.2) is 0 Å². The number of nitrogens with zero attached hydrogens (tertiary/aromatic N) is 5. The summed E-state index contributed by atoms with van der Waals surface area (Å²) in [5, 5.41) is 8.51. The fourth-order valence-corrected chi connectivity index (χ4v) is 4.30. The lowest BCUT2D eigenvalue weighted by Crippen LogP contribution is -2.24. The second-order valence-electron chi connectivity index (χ2n) is 8.83. The predicted octanol–water partition coefficient (Wildman–Crippen LogP) is 3.77. The highest BCUT2D eigenvalue weighted by Crippen LogP contribution is 2.30. The maximum Gasteiger partial charge on any atom is 0.255 e. The normalized spacial score (nSPS) is 11.0. The number of carbonyl (C=O) groups excluding carboxylic acids is 2. The van der Waals surface area contributed by atoms with E-state index < -0.39 is 5.91 Å². The number of hydrogen-bond acceptors (Lipinski definition) is 5. The van der Waals surface area contributed by atoms with Crippen molar-refractivity contribution in [1.82, 2.24) is 24.2 Å². The van der Waals surface area contributed by atoms with Gasteiger partial charge in [0.1, 0.15) is 0 Å². The molecule has 0 saturated heterocycles. The summed E-state index contributed by atoms with van der Waals surface area (Å²) in [4.78, 5) is 44.2. The van der Waals surface area contributed by atoms with Crippen LogP contribution in [0.3, 0.4) is 0 Å². The summed E-state index contributed by atoms with van der Waals surface area (Å²) < 4.78 is 3.30. The predicted molar refractivity (Wildman–Crippen MR) is 144 cm³/mol. The number of carbonyl (C=O) groups is 2. The molecule has 2 aromatic carbocycles. The van der Waals surface area contributed by atoms with Gasteiger partial charge in [0.15, 0.2) is 0 Å². The SMILES string of the molecule is C=CC(=O)Nc1cc(-n2c(=O)ccc3cnc4ccc(-c5cnn(C)c5)cc4c32)ccc1C(=O)N(C)C. The van der Waals surface area contributed by atoms with E-state index in [1.54, 1.807) is 60.0 Å². The summed E-state index contributed by atoms with van der Waals surface area (Å²) in [6, 6.07) is 14.0. The van der Waals surface area contributed by atoms with Crippen LogP contribution in [0.15, 0.2) is 84.6 Å². The largest absolute Gasteiger partial charge is 0.345 e. The topological polar surface area (TPSA) is 102 Å². The second-order valence-corrected chi connectivity index (χ2v) is 8.83. The van der Waals surface area contributed by atoms with Crippen molar-refractivity contribution in [1.29, 1.82) is 0 Å². The van der Waals surface area contributed by atoms with Crippen LogP contribution in [0.2, 0.25) is 0 Å². The Balaban J connectivity index is 1.80. The molecule has 5 aromatic rings. The maximum absolute atomic E-state index is 13.3. The van der Waals surface area contributed by atoms with Crippen molar-refractivity contribution in [2.24, 2.45) is 7.05 Å². The molecule has 0 fully saturated rings. The first-order valence-corrected chi connectivity index (χ1v) is 11.5. The third kappa shape index (κ3) is 4.27. The molecule has 5 rings (SSSR count). The third-order valence-electron chi connectivity index (χ3n) is 6.10. The van der Waals surface area contributed by atoms with Crippen molar-refractivity contribution in [2.75, 3.05) is 19.4 Å². The van der Waals surface area contributed by atoms with E-state index in [0.717, 1.165) is 33.5 Å². The highest BCUT2D eigenvalue weighted by atomic mass is 16.2. The summed E-state index contributed by atoms with van der Waals surface area (Å²) >= 11 is 0. The van der Waals surface area contributed by atoms with Gasteiger partial charge in [0.25, 0.3) is 11.5 Å². The molecule has 0 aliphatic carbocycles. The molecule has 0 radical (unpaired) electrons. The van der Waals surface area contributed by atoms with Crippen LogP contribution < -0.4 is 10.9 Å². The van der Waals surface area contributed by atoms with Crippen molar-refractivity contribution in [3.05, 3.63) is 95.7 Å². The van der Waals surface area contributed by atoms with E-state index in [9.17, 15) is 14.4 Å². The first kappa shape index (κ1) is 23.7. The average molecular weight is 493 g/mol. The van der Waals surface area contributed by atoms with Crippen LogP contribution in [0, 0.1) is 0 Å². The number of pyridine rings is 2. The molecular weight excluding hydrogens is 468 g/mol. The van der Waals surface area contributed by atoms with Gasteiger partial charge in [-0.15, -0.1) is 0 Å². The Morgan fingerprint density at radius 1 is 1.03 bits per heavy atom. The van der Waals surface area contributed by atoms with Gasteiger partial charge in [-0.3, -0.25) is 28.6 Å². The number of benzene rings is 2. The lowest BCUT2D eigenvalue weighted by atomic mass is 10.0. The number of aryl methyl sites for hydroxylation is 1. The van der Waals surface area contributed by atoms with E-state index in [0.29, 0.717) is 16.8 Å². The second kappa shape index (κ2) is 9.19. The number of anilines is 1. The lowest BCUT2D eigenvalue weighted by molar-refractivity contribution is -0.111. The van der Waals surface area contributed by atoms with Gasteiger partial charge < -0.3 is 10.2 Å². The van der Waals surface area contributed by atoms with E-state index in [1.165, 1.54) is 11.0 Å². The van der Waals surface area contributed by atoms with E-state index >= 15 is 0 Å². The van der Waals surface area contributed by atoms with Crippen molar-refractivity contribution in [3.8, 4) is 16.8 Å². The lowest BCUT2D eigenvalue weighted by Gasteiger charge is -2.18. The first-order chi connectivity index (χ1) is 17.8. The molecule has 0 bridgehead atoms. The van der Waals surface area contributed by atoms with Crippen molar-refractivity contribution < 1.29 is 9.59 Å². The zero-order valence-electron chi connectivity index (χ0n) is 20.6. The zero-order valence-corrected chi connectivity index (χ0v) is 20.6. The van der Waals surface area contributed by atoms with Gasteiger partial charge in [-0.05, 0) is 48.0 Å². The van der Waals surface area contributed by atoms with Gasteiger partial charge in [-0.2, -0.15) is 5.10 Å². The minimum absolute atomic E-state index is 0.264. The molecule has 9 heteroatoms. The van der Waals surface area contributed by atoms with Crippen LogP contribution in [-0.2, 0) is 11.8 Å². The van der Waals surface area contributed by atoms with E-state index in [1.807, 2.05) is 31.4 Å². The third-order valence-corrected chi connectivity index (χ3v) is 6.10. The molecule has 0 atom stereocenters. The van der Waals surface area contributed by atoms with E-state index in [-0.39, 0.29) is 17.2 Å². The smallest absolute Gasteiger partial charge is 0.255 e. The Labute approximate surface area is 212 Å². The quantitative estimate of drug-likeness (QED) is 0.297. The standard InChI is InChI=1S/C28H24N6O3/c1-5-25(35)31-24-13-20(8-9-21(24)28(37)32(2)3)34-26(36)11-7-18-14-29-23-10-6-17(12-22(23)27(18)34)19-15-30-33(4)16-19/h5-16H,1H2,2-4H3,(H,31,35). The Morgan fingerprint density at radius 3 is 2.54 bits per heavy atom. The van der Waals surface area contributed by atoms with E-state index in [2.05, 4.69) is 22.0 Å². The molecule has 3 aromatic heterocycles.